The van der Waals surface area contributed by atoms with Crippen molar-refractivity contribution < 1.29 is 19.1 Å². The van der Waals surface area contributed by atoms with E-state index in [4.69, 9.17) is 9.47 Å². The molecular weight excluding hydrogens is 296 g/mol. The first kappa shape index (κ1) is 18.7. The third-order valence-corrected chi connectivity index (χ3v) is 3.35. The monoisotopic (exact) mass is 320 g/mol. The van der Waals surface area contributed by atoms with Crippen molar-refractivity contribution in [3.63, 3.8) is 0 Å². The predicted molar refractivity (Wildman–Crippen MR) is 88.7 cm³/mol. The van der Waals surface area contributed by atoms with Crippen LogP contribution in [0.5, 0.6) is 5.75 Å². The fourth-order valence-corrected chi connectivity index (χ4v) is 2.03. The topological polar surface area (TPSA) is 77.0 Å². The molecule has 0 aliphatic rings. The molecule has 1 atom stereocenters. The van der Waals surface area contributed by atoms with Gasteiger partial charge in [-0.1, -0.05) is 12.1 Å². The van der Waals surface area contributed by atoms with Gasteiger partial charge in [0.15, 0.2) is 0 Å². The van der Waals surface area contributed by atoms with Crippen LogP contribution in [-0.2, 0) is 20.9 Å². The Morgan fingerprint density at radius 2 is 1.83 bits per heavy atom. The maximum absolute atomic E-state index is 11.6. The molecule has 6 nitrogen and oxygen atoms in total. The number of rotatable bonds is 8. The number of methoxy groups -OCH3 is 2. The second-order valence-corrected chi connectivity index (χ2v) is 5.21. The fourth-order valence-electron chi connectivity index (χ4n) is 2.03. The zero-order valence-electron chi connectivity index (χ0n) is 14.1. The summed E-state index contributed by atoms with van der Waals surface area (Å²) < 4.78 is 9.80. The van der Waals surface area contributed by atoms with E-state index in [1.807, 2.05) is 31.2 Å². The van der Waals surface area contributed by atoms with Crippen LogP contribution in [0.4, 0.5) is 0 Å². The highest BCUT2D eigenvalue weighted by atomic mass is 16.5. The number of amides is 1. The van der Waals surface area contributed by atoms with Crippen molar-refractivity contribution in [2.24, 2.45) is 4.99 Å². The lowest BCUT2D eigenvalue weighted by Crippen LogP contribution is -2.40. The van der Waals surface area contributed by atoms with Crippen molar-refractivity contribution >= 4 is 17.6 Å². The van der Waals surface area contributed by atoms with Gasteiger partial charge < -0.3 is 14.8 Å². The van der Waals surface area contributed by atoms with Crippen LogP contribution in [0.3, 0.4) is 0 Å². The minimum absolute atomic E-state index is 0.256. The van der Waals surface area contributed by atoms with Gasteiger partial charge in [0, 0.05) is 12.6 Å². The van der Waals surface area contributed by atoms with Gasteiger partial charge in [0.25, 0.3) is 0 Å². The van der Waals surface area contributed by atoms with Crippen LogP contribution < -0.4 is 10.1 Å². The second-order valence-electron chi connectivity index (χ2n) is 5.21. The van der Waals surface area contributed by atoms with Crippen LogP contribution in [0, 0.1) is 0 Å². The molecule has 1 unspecified atom stereocenters. The van der Waals surface area contributed by atoms with E-state index >= 15 is 0 Å². The molecule has 0 aliphatic heterocycles. The van der Waals surface area contributed by atoms with Crippen LogP contribution in [0.2, 0.25) is 0 Å². The van der Waals surface area contributed by atoms with E-state index in [2.05, 4.69) is 10.3 Å². The summed E-state index contributed by atoms with van der Waals surface area (Å²) in [7, 11) is 2.94. The number of esters is 1. The van der Waals surface area contributed by atoms with Crippen molar-refractivity contribution in [1.82, 2.24) is 5.32 Å². The minimum atomic E-state index is -0.636. The number of ether oxygens (including phenoxy) is 2. The molecule has 126 valence electrons. The summed E-state index contributed by atoms with van der Waals surface area (Å²) in [5.74, 6) is 0.113. The summed E-state index contributed by atoms with van der Waals surface area (Å²) in [5.41, 5.74) is 2.00. The van der Waals surface area contributed by atoms with E-state index in [-0.39, 0.29) is 5.91 Å². The summed E-state index contributed by atoms with van der Waals surface area (Å²) in [6.45, 7) is 3.85. The van der Waals surface area contributed by atoms with Gasteiger partial charge in [-0.15, -0.1) is 0 Å². The average molecular weight is 320 g/mol. The van der Waals surface area contributed by atoms with Crippen molar-refractivity contribution in [3.8, 4) is 5.75 Å². The lowest BCUT2D eigenvalue weighted by molar-refractivity contribution is -0.145. The second kappa shape index (κ2) is 9.61. The van der Waals surface area contributed by atoms with E-state index in [0.717, 1.165) is 17.0 Å². The Bertz CT molecular complexity index is 552. The van der Waals surface area contributed by atoms with Crippen LogP contribution in [-0.4, -0.2) is 37.8 Å². The fraction of sp³-hybridized carbons (Fsp3) is 0.471. The first-order valence-corrected chi connectivity index (χ1v) is 7.44. The Hall–Kier alpha value is -2.37. The molecule has 0 heterocycles. The number of carbonyl (C=O) groups excluding carboxylic acids is 2. The van der Waals surface area contributed by atoms with Gasteiger partial charge in [-0.2, -0.15) is 0 Å². The number of nitrogens with zero attached hydrogens (tertiary/aromatic N) is 1. The Morgan fingerprint density at radius 1 is 1.17 bits per heavy atom. The van der Waals surface area contributed by atoms with Crippen molar-refractivity contribution in [1.29, 1.82) is 0 Å². The summed E-state index contributed by atoms with van der Waals surface area (Å²) in [4.78, 5) is 27.2. The number of benzene rings is 1. The molecule has 0 saturated carbocycles. The molecule has 6 heteroatoms. The van der Waals surface area contributed by atoms with E-state index in [1.165, 1.54) is 14.0 Å². The van der Waals surface area contributed by atoms with Crippen molar-refractivity contribution in [2.45, 2.75) is 39.3 Å². The first-order chi connectivity index (χ1) is 11.0. The lowest BCUT2D eigenvalue weighted by atomic mass is 10.1. The summed E-state index contributed by atoms with van der Waals surface area (Å²) >= 11 is 0. The average Bonchev–Trinajstić information content (AvgIpc) is 2.56. The molecule has 1 amide bonds. The molecule has 0 aromatic heterocycles. The Morgan fingerprint density at radius 3 is 2.35 bits per heavy atom. The Kier molecular flexibility index (Phi) is 7.80. The number of nitrogens with one attached hydrogen (secondary N) is 1. The van der Waals surface area contributed by atoms with Crippen LogP contribution in [0.15, 0.2) is 29.3 Å². The first-order valence-electron chi connectivity index (χ1n) is 7.44. The van der Waals surface area contributed by atoms with Gasteiger partial charge in [-0.05, 0) is 37.5 Å². The van der Waals surface area contributed by atoms with E-state index < -0.39 is 12.0 Å². The highest BCUT2D eigenvalue weighted by Crippen LogP contribution is 2.12. The molecule has 0 spiro atoms. The van der Waals surface area contributed by atoms with E-state index in [9.17, 15) is 9.59 Å². The lowest BCUT2D eigenvalue weighted by Gasteiger charge is -2.15. The normalized spacial score (nSPS) is 12.4. The van der Waals surface area contributed by atoms with Gasteiger partial charge in [0.2, 0.25) is 5.91 Å². The molecule has 1 N–H and O–H groups in total. The summed E-state index contributed by atoms with van der Waals surface area (Å²) in [6, 6.07) is 7.08. The largest absolute Gasteiger partial charge is 0.497 e. The predicted octanol–water partition coefficient (Wildman–Crippen LogP) is 2.11. The highest BCUT2D eigenvalue weighted by molar-refractivity contribution is 5.85. The van der Waals surface area contributed by atoms with Gasteiger partial charge in [0.1, 0.15) is 11.8 Å². The van der Waals surface area contributed by atoms with Crippen LogP contribution >= 0.6 is 0 Å². The van der Waals surface area contributed by atoms with Crippen LogP contribution in [0.1, 0.15) is 32.3 Å². The summed E-state index contributed by atoms with van der Waals surface area (Å²) in [5, 5.41) is 2.59. The maximum Gasteiger partial charge on any atom is 0.328 e. The molecule has 23 heavy (non-hydrogen) atoms. The molecule has 1 rings (SSSR count). The molecule has 0 fully saturated rings. The third-order valence-electron chi connectivity index (χ3n) is 3.35. The Labute approximate surface area is 136 Å². The highest BCUT2D eigenvalue weighted by Gasteiger charge is 2.19. The maximum atomic E-state index is 11.6. The van der Waals surface area contributed by atoms with Crippen molar-refractivity contribution in [2.75, 3.05) is 14.2 Å². The molecular formula is C17H24N2O4. The van der Waals surface area contributed by atoms with Gasteiger partial charge in [0.05, 0.1) is 20.8 Å². The van der Waals surface area contributed by atoms with E-state index in [1.54, 1.807) is 7.11 Å². The third kappa shape index (κ3) is 6.95. The SMILES string of the molecule is COC(=O)C(CCC(C)=NCc1ccc(OC)cc1)NC(C)=O. The number of carbonyl (C=O) groups is 2. The Balaban J connectivity index is 2.53. The van der Waals surface area contributed by atoms with Gasteiger partial charge in [-0.25, -0.2) is 4.79 Å². The number of hydrogen-bond donors (Lipinski definition) is 1. The molecule has 0 radical (unpaired) electrons. The number of aliphatic imine (C=N–C) groups is 1. The smallest absolute Gasteiger partial charge is 0.328 e. The molecule has 0 aliphatic carbocycles. The molecule has 1 aromatic rings. The van der Waals surface area contributed by atoms with E-state index in [0.29, 0.717) is 19.4 Å². The zero-order chi connectivity index (χ0) is 17.2. The van der Waals surface area contributed by atoms with Gasteiger partial charge in [-0.3, -0.25) is 9.79 Å². The number of hydrogen-bond acceptors (Lipinski definition) is 5. The molecule has 1 aromatic carbocycles. The minimum Gasteiger partial charge on any atom is -0.497 e. The summed E-state index contributed by atoms with van der Waals surface area (Å²) in [6.07, 6.45) is 1.07. The standard InChI is InChI=1S/C17H24N2O4/c1-12(5-10-16(17(21)23-4)19-13(2)20)18-11-14-6-8-15(22-3)9-7-14/h6-9,16H,5,10-11H2,1-4H3,(H,19,20). The molecule has 0 bridgehead atoms. The zero-order valence-corrected chi connectivity index (χ0v) is 14.1. The molecule has 0 saturated heterocycles. The quantitative estimate of drug-likeness (QED) is 0.588. The van der Waals surface area contributed by atoms with Crippen LogP contribution in [0.25, 0.3) is 0 Å². The van der Waals surface area contributed by atoms with Crippen molar-refractivity contribution in [3.05, 3.63) is 29.8 Å². The van der Waals surface area contributed by atoms with Gasteiger partial charge >= 0.3 is 5.97 Å².